The van der Waals surface area contributed by atoms with Crippen LogP contribution in [-0.4, -0.2) is 11.1 Å². The zero-order valence-corrected chi connectivity index (χ0v) is 10.3. The predicted molar refractivity (Wildman–Crippen MR) is 72.1 cm³/mol. The minimum Gasteiger partial charge on any atom is -0.478 e. The number of carbonyl (C=O) groups is 1. The maximum absolute atomic E-state index is 11.1. The average molecular weight is 262 g/mol. The van der Waals surface area contributed by atoms with Crippen LogP contribution in [0, 0.1) is 0 Å². The van der Waals surface area contributed by atoms with Crippen molar-refractivity contribution in [2.24, 2.45) is 0 Å². The number of rotatable bonds is 3. The Balaban J connectivity index is 2.40. The Morgan fingerprint density at radius 1 is 1.17 bits per heavy atom. The molecule has 0 aliphatic carbocycles. The van der Waals surface area contributed by atoms with Gasteiger partial charge < -0.3 is 10.8 Å². The molecule has 0 spiro atoms. The third-order valence-electron chi connectivity index (χ3n) is 2.73. The normalized spacial score (nSPS) is 10.3. The smallest absolute Gasteiger partial charge is 0.335 e. The highest BCUT2D eigenvalue weighted by atomic mass is 35.5. The molecular weight excluding hydrogens is 250 g/mol. The first kappa shape index (κ1) is 12.5. The Hall–Kier alpha value is -2.00. The van der Waals surface area contributed by atoms with E-state index in [9.17, 15) is 4.79 Å². The third kappa shape index (κ3) is 2.63. The van der Waals surface area contributed by atoms with Crippen LogP contribution in [0.25, 0.3) is 0 Å². The molecule has 0 bridgehead atoms. The van der Waals surface area contributed by atoms with Gasteiger partial charge in [0.05, 0.1) is 5.56 Å². The van der Waals surface area contributed by atoms with Crippen LogP contribution in [0.2, 0.25) is 5.02 Å². The molecule has 0 atom stereocenters. The van der Waals surface area contributed by atoms with E-state index in [2.05, 4.69) is 0 Å². The second kappa shape index (κ2) is 5.10. The van der Waals surface area contributed by atoms with Crippen molar-refractivity contribution >= 4 is 23.3 Å². The monoisotopic (exact) mass is 261 g/mol. The van der Waals surface area contributed by atoms with Gasteiger partial charge in [0.25, 0.3) is 0 Å². The largest absolute Gasteiger partial charge is 0.478 e. The second-order valence-electron chi connectivity index (χ2n) is 3.98. The van der Waals surface area contributed by atoms with Crippen molar-refractivity contribution in [3.63, 3.8) is 0 Å². The minimum atomic E-state index is -0.939. The van der Waals surface area contributed by atoms with Crippen LogP contribution in [0.3, 0.4) is 0 Å². The quantitative estimate of drug-likeness (QED) is 0.834. The molecule has 4 heteroatoms. The summed E-state index contributed by atoms with van der Waals surface area (Å²) in [4.78, 5) is 11.1. The highest BCUT2D eigenvalue weighted by Gasteiger charge is 2.10. The highest BCUT2D eigenvalue weighted by molar-refractivity contribution is 6.30. The van der Waals surface area contributed by atoms with Crippen LogP contribution in [-0.2, 0) is 6.42 Å². The van der Waals surface area contributed by atoms with E-state index in [-0.39, 0.29) is 5.56 Å². The van der Waals surface area contributed by atoms with E-state index < -0.39 is 5.97 Å². The van der Waals surface area contributed by atoms with Gasteiger partial charge in [0.15, 0.2) is 0 Å². The van der Waals surface area contributed by atoms with Crippen LogP contribution in [0.4, 0.5) is 5.69 Å². The molecule has 0 fully saturated rings. The molecule has 2 aromatic rings. The topological polar surface area (TPSA) is 63.3 Å². The van der Waals surface area contributed by atoms with Crippen molar-refractivity contribution in [2.45, 2.75) is 6.42 Å². The molecule has 0 aromatic heterocycles. The van der Waals surface area contributed by atoms with E-state index >= 15 is 0 Å². The molecule has 0 radical (unpaired) electrons. The number of carboxylic acid groups (broad SMARTS) is 1. The number of hydrogen-bond acceptors (Lipinski definition) is 2. The molecule has 18 heavy (non-hydrogen) atoms. The van der Waals surface area contributed by atoms with E-state index in [1.54, 1.807) is 36.4 Å². The molecule has 0 aliphatic heterocycles. The molecule has 0 aliphatic rings. The van der Waals surface area contributed by atoms with Crippen LogP contribution in [0.1, 0.15) is 21.5 Å². The Bertz CT molecular complexity index is 596. The SMILES string of the molecule is Nc1ccc(Cl)cc1Cc1ccccc1C(=O)O. The second-order valence-corrected chi connectivity index (χ2v) is 4.42. The fraction of sp³-hybridized carbons (Fsp3) is 0.0714. The van der Waals surface area contributed by atoms with Crippen LogP contribution >= 0.6 is 11.6 Å². The van der Waals surface area contributed by atoms with Gasteiger partial charge in [-0.2, -0.15) is 0 Å². The minimum absolute atomic E-state index is 0.289. The van der Waals surface area contributed by atoms with Crippen molar-refractivity contribution < 1.29 is 9.90 Å². The van der Waals surface area contributed by atoms with E-state index in [1.807, 2.05) is 6.07 Å². The molecule has 0 heterocycles. The summed E-state index contributed by atoms with van der Waals surface area (Å²) >= 11 is 5.91. The first-order chi connectivity index (χ1) is 8.58. The lowest BCUT2D eigenvalue weighted by Gasteiger charge is -2.09. The van der Waals surface area contributed by atoms with Gasteiger partial charge in [-0.1, -0.05) is 29.8 Å². The van der Waals surface area contributed by atoms with Crippen molar-refractivity contribution in [2.75, 3.05) is 5.73 Å². The van der Waals surface area contributed by atoms with Gasteiger partial charge in [-0.3, -0.25) is 0 Å². The fourth-order valence-electron chi connectivity index (χ4n) is 1.82. The molecule has 2 aromatic carbocycles. The highest BCUT2D eigenvalue weighted by Crippen LogP contribution is 2.22. The summed E-state index contributed by atoms with van der Waals surface area (Å²) in [6, 6.07) is 12.1. The fourth-order valence-corrected chi connectivity index (χ4v) is 2.01. The summed E-state index contributed by atoms with van der Waals surface area (Å²) in [5.74, 6) is -0.939. The summed E-state index contributed by atoms with van der Waals surface area (Å²) < 4.78 is 0. The standard InChI is InChI=1S/C14H12ClNO2/c15-11-5-6-13(16)10(8-11)7-9-3-1-2-4-12(9)14(17)18/h1-6,8H,7,16H2,(H,17,18). The summed E-state index contributed by atoms with van der Waals surface area (Å²) in [5, 5.41) is 9.70. The van der Waals surface area contributed by atoms with Gasteiger partial charge in [-0.25, -0.2) is 4.79 Å². The van der Waals surface area contributed by atoms with E-state index in [0.717, 1.165) is 11.1 Å². The first-order valence-electron chi connectivity index (χ1n) is 5.43. The maximum Gasteiger partial charge on any atom is 0.335 e. The van der Waals surface area contributed by atoms with Gasteiger partial charge >= 0.3 is 5.97 Å². The van der Waals surface area contributed by atoms with Crippen LogP contribution in [0.5, 0.6) is 0 Å². The molecule has 92 valence electrons. The van der Waals surface area contributed by atoms with Crippen molar-refractivity contribution in [1.29, 1.82) is 0 Å². The number of halogens is 1. The van der Waals surface area contributed by atoms with Gasteiger partial charge in [0, 0.05) is 17.1 Å². The molecule has 0 saturated heterocycles. The number of carboxylic acids is 1. The summed E-state index contributed by atoms with van der Waals surface area (Å²) in [7, 11) is 0. The first-order valence-corrected chi connectivity index (χ1v) is 5.81. The van der Waals surface area contributed by atoms with E-state index in [4.69, 9.17) is 22.4 Å². The maximum atomic E-state index is 11.1. The number of hydrogen-bond donors (Lipinski definition) is 2. The molecular formula is C14H12ClNO2. The molecule has 3 N–H and O–H groups in total. The Kier molecular flexibility index (Phi) is 3.53. The zero-order chi connectivity index (χ0) is 13.1. The number of nitrogens with two attached hydrogens (primary N) is 1. The lowest BCUT2D eigenvalue weighted by Crippen LogP contribution is -2.04. The number of nitrogen functional groups attached to an aromatic ring is 1. The summed E-state index contributed by atoms with van der Waals surface area (Å²) in [6.45, 7) is 0. The number of anilines is 1. The van der Waals surface area contributed by atoms with Crippen LogP contribution < -0.4 is 5.73 Å². The lowest BCUT2D eigenvalue weighted by atomic mass is 9.99. The lowest BCUT2D eigenvalue weighted by molar-refractivity contribution is 0.0696. The molecule has 3 nitrogen and oxygen atoms in total. The van der Waals surface area contributed by atoms with Gasteiger partial charge in [-0.15, -0.1) is 0 Å². The predicted octanol–water partition coefficient (Wildman–Crippen LogP) is 3.21. The average Bonchev–Trinajstić information content (AvgIpc) is 2.34. The third-order valence-corrected chi connectivity index (χ3v) is 2.97. The van der Waals surface area contributed by atoms with E-state index in [0.29, 0.717) is 17.1 Å². The molecule has 0 saturated carbocycles. The van der Waals surface area contributed by atoms with Gasteiger partial charge in [0.1, 0.15) is 0 Å². The Labute approximate surface area is 110 Å². The molecule has 0 amide bonds. The van der Waals surface area contributed by atoms with Crippen LogP contribution in [0.15, 0.2) is 42.5 Å². The van der Waals surface area contributed by atoms with Gasteiger partial charge in [-0.05, 0) is 35.4 Å². The zero-order valence-electron chi connectivity index (χ0n) is 9.56. The molecule has 2 rings (SSSR count). The van der Waals surface area contributed by atoms with Crippen molar-refractivity contribution in [1.82, 2.24) is 0 Å². The summed E-state index contributed by atoms with van der Waals surface area (Å²) in [5.41, 5.74) is 8.31. The molecule has 0 unspecified atom stereocenters. The number of aromatic carboxylic acids is 1. The Morgan fingerprint density at radius 2 is 1.89 bits per heavy atom. The number of benzene rings is 2. The summed E-state index contributed by atoms with van der Waals surface area (Å²) in [6.07, 6.45) is 0.453. The van der Waals surface area contributed by atoms with E-state index in [1.165, 1.54) is 0 Å². The van der Waals surface area contributed by atoms with Crippen molar-refractivity contribution in [3.05, 3.63) is 64.2 Å². The van der Waals surface area contributed by atoms with Gasteiger partial charge in [0.2, 0.25) is 0 Å². The Morgan fingerprint density at radius 3 is 2.61 bits per heavy atom. The van der Waals surface area contributed by atoms with Crippen molar-refractivity contribution in [3.8, 4) is 0 Å².